The van der Waals surface area contributed by atoms with Gasteiger partial charge in [0.1, 0.15) is 0 Å². The van der Waals surface area contributed by atoms with Crippen LogP contribution in [0.1, 0.15) is 20.3 Å². The van der Waals surface area contributed by atoms with Crippen LogP contribution >= 0.6 is 12.4 Å². The number of nitrogens with one attached hydrogen (secondary N) is 1. The predicted octanol–water partition coefficient (Wildman–Crippen LogP) is 1.69. The highest BCUT2D eigenvalue weighted by Gasteiger charge is 2.31. The Hall–Kier alpha value is 0.210. The Bertz CT molecular complexity index is 122. The van der Waals surface area contributed by atoms with Crippen LogP contribution in [-0.2, 0) is 4.74 Å². The van der Waals surface area contributed by atoms with E-state index in [0.29, 0.717) is 5.41 Å². The van der Waals surface area contributed by atoms with Gasteiger partial charge in [0, 0.05) is 13.2 Å². The first-order valence-corrected chi connectivity index (χ1v) is 4.39. The minimum absolute atomic E-state index is 0. The van der Waals surface area contributed by atoms with Crippen molar-refractivity contribution < 1.29 is 4.74 Å². The molecule has 1 unspecified atom stereocenters. The Morgan fingerprint density at radius 1 is 1.50 bits per heavy atom. The van der Waals surface area contributed by atoms with Crippen LogP contribution in [0.25, 0.3) is 0 Å². The minimum atomic E-state index is 0. The normalized spacial score (nSPS) is 23.8. The van der Waals surface area contributed by atoms with Crippen LogP contribution in [0.4, 0.5) is 0 Å². The molecule has 1 heterocycles. The van der Waals surface area contributed by atoms with E-state index in [4.69, 9.17) is 4.74 Å². The van der Waals surface area contributed by atoms with Gasteiger partial charge in [-0.2, -0.15) is 0 Å². The van der Waals surface area contributed by atoms with Crippen molar-refractivity contribution in [1.29, 1.82) is 0 Å². The molecule has 3 heteroatoms. The molecule has 1 N–H and O–H groups in total. The Balaban J connectivity index is 0.00000121. The monoisotopic (exact) mass is 193 g/mol. The van der Waals surface area contributed by atoms with E-state index in [1.807, 2.05) is 7.05 Å². The van der Waals surface area contributed by atoms with E-state index in [1.165, 1.54) is 6.42 Å². The summed E-state index contributed by atoms with van der Waals surface area (Å²) >= 11 is 0. The molecule has 1 fully saturated rings. The molecule has 74 valence electrons. The molecule has 0 aromatic carbocycles. The van der Waals surface area contributed by atoms with Crippen LogP contribution in [0.3, 0.4) is 0 Å². The number of hydrogen-bond acceptors (Lipinski definition) is 2. The van der Waals surface area contributed by atoms with E-state index >= 15 is 0 Å². The fraction of sp³-hybridized carbons (Fsp3) is 1.00. The first-order valence-electron chi connectivity index (χ1n) is 4.39. The molecule has 0 aromatic rings. The lowest BCUT2D eigenvalue weighted by Crippen LogP contribution is -2.34. The average molecular weight is 194 g/mol. The van der Waals surface area contributed by atoms with Gasteiger partial charge in [0.05, 0.1) is 6.61 Å². The lowest BCUT2D eigenvalue weighted by Gasteiger charge is -2.30. The maximum absolute atomic E-state index is 5.36. The number of halogens is 1. The Morgan fingerprint density at radius 2 is 2.17 bits per heavy atom. The third kappa shape index (κ3) is 2.92. The van der Waals surface area contributed by atoms with E-state index in [0.717, 1.165) is 25.7 Å². The summed E-state index contributed by atoms with van der Waals surface area (Å²) in [7, 11) is 2.01. The van der Waals surface area contributed by atoms with E-state index in [-0.39, 0.29) is 12.4 Å². The van der Waals surface area contributed by atoms with Crippen LogP contribution in [0.5, 0.6) is 0 Å². The summed E-state index contributed by atoms with van der Waals surface area (Å²) in [5.41, 5.74) is 0.394. The summed E-state index contributed by atoms with van der Waals surface area (Å²) in [4.78, 5) is 0. The van der Waals surface area contributed by atoms with Crippen molar-refractivity contribution in [2.75, 3.05) is 26.8 Å². The maximum atomic E-state index is 5.36. The fourth-order valence-electron chi connectivity index (χ4n) is 1.75. The molecular weight excluding hydrogens is 174 g/mol. The second-order valence-corrected chi connectivity index (χ2v) is 4.08. The maximum Gasteiger partial charge on any atom is 0.0500 e. The second-order valence-electron chi connectivity index (χ2n) is 4.08. The van der Waals surface area contributed by atoms with Gasteiger partial charge in [0.2, 0.25) is 0 Å². The summed E-state index contributed by atoms with van der Waals surface area (Å²) in [6, 6.07) is 0. The highest BCUT2D eigenvalue weighted by atomic mass is 35.5. The zero-order chi connectivity index (χ0) is 8.32. The van der Waals surface area contributed by atoms with Crippen molar-refractivity contribution in [2.45, 2.75) is 20.3 Å². The lowest BCUT2D eigenvalue weighted by atomic mass is 9.78. The molecule has 0 bridgehead atoms. The van der Waals surface area contributed by atoms with Gasteiger partial charge in [-0.25, -0.2) is 0 Å². The molecule has 0 aromatic heterocycles. The summed E-state index contributed by atoms with van der Waals surface area (Å²) in [5.74, 6) is 0.745. The van der Waals surface area contributed by atoms with Gasteiger partial charge in [-0.15, -0.1) is 12.4 Å². The van der Waals surface area contributed by atoms with Crippen LogP contribution in [-0.4, -0.2) is 26.8 Å². The van der Waals surface area contributed by atoms with Gasteiger partial charge in [-0.3, -0.25) is 0 Å². The highest BCUT2D eigenvalue weighted by molar-refractivity contribution is 5.85. The van der Waals surface area contributed by atoms with Gasteiger partial charge in [0.25, 0.3) is 0 Å². The van der Waals surface area contributed by atoms with Crippen molar-refractivity contribution in [3.8, 4) is 0 Å². The largest absolute Gasteiger partial charge is 0.381 e. The molecule has 2 nitrogen and oxygen atoms in total. The predicted molar refractivity (Wildman–Crippen MR) is 53.9 cm³/mol. The van der Waals surface area contributed by atoms with Crippen LogP contribution in [0.2, 0.25) is 0 Å². The Kier molecular flexibility index (Phi) is 5.14. The van der Waals surface area contributed by atoms with Crippen molar-refractivity contribution >= 4 is 12.4 Å². The third-order valence-electron chi connectivity index (χ3n) is 2.67. The molecule has 1 aliphatic heterocycles. The Labute approximate surface area is 81.5 Å². The fourth-order valence-corrected chi connectivity index (χ4v) is 1.75. The minimum Gasteiger partial charge on any atom is -0.381 e. The number of hydrogen-bond donors (Lipinski definition) is 1. The molecule has 0 amide bonds. The summed E-state index contributed by atoms with van der Waals surface area (Å²) < 4.78 is 5.36. The average Bonchev–Trinajstić information content (AvgIpc) is 2.37. The number of ether oxygens (including phenoxy) is 1. The lowest BCUT2D eigenvalue weighted by molar-refractivity contribution is 0.142. The van der Waals surface area contributed by atoms with Gasteiger partial charge in [0.15, 0.2) is 0 Å². The third-order valence-corrected chi connectivity index (χ3v) is 2.67. The molecule has 1 rings (SSSR count). The Morgan fingerprint density at radius 3 is 2.58 bits per heavy atom. The van der Waals surface area contributed by atoms with Crippen LogP contribution in [0, 0.1) is 11.3 Å². The topological polar surface area (TPSA) is 21.3 Å². The first-order chi connectivity index (χ1) is 5.17. The summed E-state index contributed by atoms with van der Waals surface area (Å²) in [5, 5.41) is 3.23. The van der Waals surface area contributed by atoms with Gasteiger partial charge >= 0.3 is 0 Å². The highest BCUT2D eigenvalue weighted by Crippen LogP contribution is 2.32. The molecule has 1 aliphatic rings. The summed E-state index contributed by atoms with van der Waals surface area (Å²) in [6.07, 6.45) is 1.23. The van der Waals surface area contributed by atoms with Gasteiger partial charge < -0.3 is 10.1 Å². The SMILES string of the molecule is CNCC(C)(C)C1CCOC1.Cl. The smallest absolute Gasteiger partial charge is 0.0500 e. The standard InChI is InChI=1S/C9H19NO.ClH/c1-9(2,7-10-3)8-4-5-11-6-8;/h8,10H,4-7H2,1-3H3;1H. The van der Waals surface area contributed by atoms with Crippen molar-refractivity contribution in [3.63, 3.8) is 0 Å². The van der Waals surface area contributed by atoms with Gasteiger partial charge in [-0.05, 0) is 24.8 Å². The van der Waals surface area contributed by atoms with Crippen LogP contribution < -0.4 is 5.32 Å². The molecule has 1 atom stereocenters. The molecule has 12 heavy (non-hydrogen) atoms. The zero-order valence-electron chi connectivity index (χ0n) is 8.22. The molecule has 0 aliphatic carbocycles. The summed E-state index contributed by atoms with van der Waals surface area (Å²) in [6.45, 7) is 7.61. The van der Waals surface area contributed by atoms with E-state index in [1.54, 1.807) is 0 Å². The zero-order valence-corrected chi connectivity index (χ0v) is 9.04. The molecule has 0 radical (unpaired) electrons. The molecule has 1 saturated heterocycles. The first kappa shape index (κ1) is 12.2. The van der Waals surface area contributed by atoms with Crippen molar-refractivity contribution in [3.05, 3.63) is 0 Å². The van der Waals surface area contributed by atoms with Crippen molar-refractivity contribution in [2.24, 2.45) is 11.3 Å². The second kappa shape index (κ2) is 5.05. The van der Waals surface area contributed by atoms with E-state index in [9.17, 15) is 0 Å². The quantitative estimate of drug-likeness (QED) is 0.737. The van der Waals surface area contributed by atoms with Gasteiger partial charge in [-0.1, -0.05) is 13.8 Å². The van der Waals surface area contributed by atoms with Crippen molar-refractivity contribution in [1.82, 2.24) is 5.32 Å². The van der Waals surface area contributed by atoms with E-state index < -0.39 is 0 Å². The van der Waals surface area contributed by atoms with Crippen LogP contribution in [0.15, 0.2) is 0 Å². The molecule has 0 saturated carbocycles. The molecule has 0 spiro atoms. The number of rotatable bonds is 3. The van der Waals surface area contributed by atoms with E-state index in [2.05, 4.69) is 19.2 Å². The molecular formula is C9H20ClNO.